The molecule has 1 fully saturated rings. The molecule has 0 aromatic heterocycles. The number of hydrogen-bond acceptors (Lipinski definition) is 7. The van der Waals surface area contributed by atoms with Crippen LogP contribution in [0.4, 0.5) is 11.4 Å². The van der Waals surface area contributed by atoms with Crippen molar-refractivity contribution in [2.75, 3.05) is 51.0 Å². The Morgan fingerprint density at radius 2 is 1.58 bits per heavy atom. The number of fused-ring (bicyclic) bond motifs is 2. The number of benzene rings is 3. The van der Waals surface area contributed by atoms with Gasteiger partial charge in [-0.3, -0.25) is 9.69 Å². The van der Waals surface area contributed by atoms with Crippen LogP contribution in [0.15, 0.2) is 108 Å². The summed E-state index contributed by atoms with van der Waals surface area (Å²) >= 11 is 0. The van der Waals surface area contributed by atoms with Crippen LogP contribution in [0, 0.1) is 0 Å². The summed E-state index contributed by atoms with van der Waals surface area (Å²) in [5.74, 6) is -0.950. The van der Waals surface area contributed by atoms with Crippen molar-refractivity contribution in [3.8, 4) is 0 Å². The summed E-state index contributed by atoms with van der Waals surface area (Å²) in [6.07, 6.45) is 3.65. The lowest BCUT2D eigenvalue weighted by Gasteiger charge is -2.36. The van der Waals surface area contributed by atoms with E-state index in [9.17, 15) is 9.59 Å². The molecule has 222 valence electrons. The Kier molecular flexibility index (Phi) is 8.42. The topological polar surface area (TPSA) is 83.1 Å². The number of likely N-dealkylation sites (N-methyl/N-ethyl adjacent to an activating group) is 1. The van der Waals surface area contributed by atoms with E-state index < -0.39 is 23.7 Å². The van der Waals surface area contributed by atoms with Crippen molar-refractivity contribution in [2.24, 2.45) is 0 Å². The van der Waals surface area contributed by atoms with Crippen LogP contribution in [-0.4, -0.2) is 79.8 Å². The molecule has 3 atom stereocenters. The predicted molar refractivity (Wildman–Crippen MR) is 168 cm³/mol. The molecular weight excluding hydrogens is 540 g/mol. The number of nitrogens with zero attached hydrogens (tertiary/aromatic N) is 2. The largest absolute Gasteiger partial charge is 0.466 e. The van der Waals surface area contributed by atoms with E-state index >= 15 is 0 Å². The van der Waals surface area contributed by atoms with Crippen molar-refractivity contribution >= 4 is 23.3 Å². The summed E-state index contributed by atoms with van der Waals surface area (Å²) in [5.41, 5.74) is 3.13. The van der Waals surface area contributed by atoms with Gasteiger partial charge in [0.2, 0.25) is 0 Å². The van der Waals surface area contributed by atoms with Gasteiger partial charge in [0.05, 0.1) is 24.3 Å². The molecule has 8 heteroatoms. The highest BCUT2D eigenvalue weighted by atomic mass is 16.5. The monoisotopic (exact) mass is 578 g/mol. The van der Waals surface area contributed by atoms with Gasteiger partial charge in [0.15, 0.2) is 0 Å². The van der Waals surface area contributed by atoms with Gasteiger partial charge in [-0.15, -0.1) is 0 Å². The highest BCUT2D eigenvalue weighted by molar-refractivity contribution is 6.12. The molecule has 1 saturated heterocycles. The Bertz CT molecular complexity index is 1460. The van der Waals surface area contributed by atoms with E-state index in [2.05, 4.69) is 27.5 Å². The van der Waals surface area contributed by atoms with E-state index in [0.29, 0.717) is 12.1 Å². The van der Waals surface area contributed by atoms with E-state index in [0.717, 1.165) is 44.0 Å². The number of hydrogen-bond donors (Lipinski definition) is 2. The molecule has 3 aromatic rings. The smallest absolute Gasteiger partial charge is 0.337 e. The summed E-state index contributed by atoms with van der Waals surface area (Å²) in [6, 6.07) is 27.4. The molecule has 3 aliphatic rings. The molecule has 0 aliphatic carbocycles. The predicted octanol–water partition coefficient (Wildman–Crippen LogP) is 4.27. The number of para-hydroxylation sites is 1. The van der Waals surface area contributed by atoms with E-state index in [4.69, 9.17) is 9.47 Å². The second kappa shape index (κ2) is 12.6. The van der Waals surface area contributed by atoms with E-state index in [1.54, 1.807) is 0 Å². The Morgan fingerprint density at radius 3 is 2.26 bits per heavy atom. The average Bonchev–Trinajstić information content (AvgIpc) is 3.62. The molecule has 3 aliphatic heterocycles. The molecule has 0 saturated carbocycles. The van der Waals surface area contributed by atoms with Crippen molar-refractivity contribution in [1.82, 2.24) is 9.80 Å². The zero-order valence-corrected chi connectivity index (χ0v) is 24.7. The van der Waals surface area contributed by atoms with Crippen molar-refractivity contribution in [3.05, 3.63) is 119 Å². The number of ether oxygens (including phenoxy) is 2. The molecule has 2 bridgehead atoms. The third-order valence-corrected chi connectivity index (χ3v) is 8.55. The normalized spacial score (nSPS) is 22.4. The molecule has 2 N–H and O–H groups in total. The first-order valence-corrected chi connectivity index (χ1v) is 14.8. The van der Waals surface area contributed by atoms with Crippen LogP contribution >= 0.6 is 0 Å². The van der Waals surface area contributed by atoms with Gasteiger partial charge < -0.3 is 25.0 Å². The maximum Gasteiger partial charge on any atom is 0.337 e. The standard InChI is InChI=1S/C35H38N4O4/c1-38-19-21-39(22-20-38)24-26-13-15-28(16-14-26)37-33(40)31-29-17-18-35(43-29,32(31)34(41)42-2)30(23-25-9-5-3-6-10-25)36-27-11-7-4-8-12-27/h3-18,29-30,36H,19-24H2,1-2H3,(H,37,40). The van der Waals surface area contributed by atoms with Crippen molar-refractivity contribution in [1.29, 1.82) is 0 Å². The lowest BCUT2D eigenvalue weighted by molar-refractivity contribution is -0.138. The van der Waals surface area contributed by atoms with Gasteiger partial charge in [0, 0.05) is 44.1 Å². The summed E-state index contributed by atoms with van der Waals surface area (Å²) in [6.45, 7) is 5.09. The molecule has 3 heterocycles. The lowest BCUT2D eigenvalue weighted by Crippen LogP contribution is -2.49. The van der Waals surface area contributed by atoms with Gasteiger partial charge in [-0.25, -0.2) is 4.79 Å². The number of methoxy groups -OCH3 is 1. The Hall–Kier alpha value is -4.24. The Morgan fingerprint density at radius 1 is 0.907 bits per heavy atom. The average molecular weight is 579 g/mol. The molecule has 0 spiro atoms. The van der Waals surface area contributed by atoms with Crippen LogP contribution in [0.2, 0.25) is 0 Å². The number of esters is 1. The number of carbonyl (C=O) groups excluding carboxylic acids is 2. The van der Waals surface area contributed by atoms with E-state index in [-0.39, 0.29) is 17.1 Å². The maximum atomic E-state index is 13.8. The second-order valence-corrected chi connectivity index (χ2v) is 11.5. The van der Waals surface area contributed by atoms with Gasteiger partial charge in [0.1, 0.15) is 11.7 Å². The molecule has 8 nitrogen and oxygen atoms in total. The summed E-state index contributed by atoms with van der Waals surface area (Å²) in [5, 5.41) is 6.60. The molecule has 43 heavy (non-hydrogen) atoms. The first-order chi connectivity index (χ1) is 20.9. The molecule has 1 amide bonds. The first-order valence-electron chi connectivity index (χ1n) is 14.8. The minimum atomic E-state index is -1.19. The molecule has 0 radical (unpaired) electrons. The van der Waals surface area contributed by atoms with Crippen LogP contribution in [-0.2, 0) is 32.0 Å². The minimum absolute atomic E-state index is 0.232. The molecule has 3 aromatic carbocycles. The van der Waals surface area contributed by atoms with Gasteiger partial charge in [-0.2, -0.15) is 0 Å². The van der Waals surface area contributed by atoms with Gasteiger partial charge in [-0.05, 0) is 54.9 Å². The number of piperazine rings is 1. The second-order valence-electron chi connectivity index (χ2n) is 11.5. The highest BCUT2D eigenvalue weighted by Crippen LogP contribution is 2.47. The quantitative estimate of drug-likeness (QED) is 0.275. The summed E-state index contributed by atoms with van der Waals surface area (Å²) < 4.78 is 11.8. The van der Waals surface area contributed by atoms with Gasteiger partial charge >= 0.3 is 5.97 Å². The van der Waals surface area contributed by atoms with Crippen LogP contribution in [0.3, 0.4) is 0 Å². The van der Waals surface area contributed by atoms with Gasteiger partial charge in [-0.1, -0.05) is 66.7 Å². The SMILES string of the molecule is COC(=O)C1=C(C(=O)Nc2ccc(CN3CCN(C)CC3)cc2)C2C=CC1(C(Cc1ccccc1)Nc1ccccc1)O2. The van der Waals surface area contributed by atoms with E-state index in [1.165, 1.54) is 12.7 Å². The molecule has 6 rings (SSSR count). The third-order valence-electron chi connectivity index (χ3n) is 8.55. The van der Waals surface area contributed by atoms with Crippen molar-refractivity contribution < 1.29 is 19.1 Å². The fraction of sp³-hybridized carbons (Fsp3) is 0.314. The Balaban J connectivity index is 1.27. The number of anilines is 2. The Labute approximate surface area is 253 Å². The molecule has 3 unspecified atom stereocenters. The van der Waals surface area contributed by atoms with Crippen molar-refractivity contribution in [3.63, 3.8) is 0 Å². The zero-order chi connectivity index (χ0) is 29.8. The number of rotatable bonds is 10. The first kappa shape index (κ1) is 28.9. The fourth-order valence-corrected chi connectivity index (χ4v) is 6.21. The number of amides is 1. The van der Waals surface area contributed by atoms with Crippen LogP contribution < -0.4 is 10.6 Å². The number of nitrogens with one attached hydrogen (secondary N) is 2. The maximum absolute atomic E-state index is 13.8. The fourth-order valence-electron chi connectivity index (χ4n) is 6.21. The van der Waals surface area contributed by atoms with Crippen LogP contribution in [0.1, 0.15) is 11.1 Å². The number of carbonyl (C=O) groups is 2. The van der Waals surface area contributed by atoms with Crippen LogP contribution in [0.25, 0.3) is 0 Å². The van der Waals surface area contributed by atoms with Crippen LogP contribution in [0.5, 0.6) is 0 Å². The zero-order valence-electron chi connectivity index (χ0n) is 24.7. The lowest BCUT2D eigenvalue weighted by atomic mass is 9.78. The van der Waals surface area contributed by atoms with Gasteiger partial charge in [0.25, 0.3) is 5.91 Å². The van der Waals surface area contributed by atoms with E-state index in [1.807, 2.05) is 97.1 Å². The summed E-state index contributed by atoms with van der Waals surface area (Å²) in [7, 11) is 3.49. The molecular formula is C35H38N4O4. The minimum Gasteiger partial charge on any atom is -0.466 e. The third kappa shape index (κ3) is 6.13. The summed E-state index contributed by atoms with van der Waals surface area (Å²) in [4.78, 5) is 32.0. The highest BCUT2D eigenvalue weighted by Gasteiger charge is 2.58. The van der Waals surface area contributed by atoms with Crippen molar-refractivity contribution in [2.45, 2.75) is 30.7 Å².